The zero-order valence-corrected chi connectivity index (χ0v) is 19.5. The van der Waals surface area contributed by atoms with E-state index in [-0.39, 0.29) is 36.8 Å². The highest BCUT2D eigenvalue weighted by molar-refractivity contribution is 5.84. The Balaban J connectivity index is 1.20. The number of nitrogens with one attached hydrogen (secondary N) is 1. The number of rotatable bonds is 6. The van der Waals surface area contributed by atoms with E-state index in [2.05, 4.69) is 29.6 Å². The fourth-order valence-electron chi connectivity index (χ4n) is 5.64. The average molecular weight is 479 g/mol. The molecule has 2 N–H and O–H groups in total. The third-order valence-corrected chi connectivity index (χ3v) is 7.42. The van der Waals surface area contributed by atoms with Gasteiger partial charge in [0.1, 0.15) is 12.6 Å². The van der Waals surface area contributed by atoms with Crippen molar-refractivity contribution in [2.75, 3.05) is 26.4 Å². The number of likely N-dealkylation sites (tertiary alicyclic amines) is 1. The summed E-state index contributed by atoms with van der Waals surface area (Å²) in [7, 11) is 0. The number of carbonyl (C=O) groups is 3. The molecule has 1 aliphatic carbocycles. The SMILES string of the molecule is O=C(NC1CCOCC1CC(=O)N1CCCC1C(=O)O)OCC1c2ccccc2-c2ccccc21. The van der Waals surface area contributed by atoms with Crippen molar-refractivity contribution in [3.05, 3.63) is 59.7 Å². The number of aliphatic carboxylic acids is 1. The van der Waals surface area contributed by atoms with Crippen LogP contribution in [0.15, 0.2) is 48.5 Å². The molecule has 0 saturated carbocycles. The van der Waals surface area contributed by atoms with Gasteiger partial charge in [0.15, 0.2) is 0 Å². The maximum Gasteiger partial charge on any atom is 0.407 e. The number of fused-ring (bicyclic) bond motifs is 3. The highest BCUT2D eigenvalue weighted by Crippen LogP contribution is 2.44. The summed E-state index contributed by atoms with van der Waals surface area (Å²) in [5.41, 5.74) is 4.63. The summed E-state index contributed by atoms with van der Waals surface area (Å²) >= 11 is 0. The Bertz CT molecular complexity index is 1070. The van der Waals surface area contributed by atoms with Crippen LogP contribution < -0.4 is 5.32 Å². The zero-order chi connectivity index (χ0) is 24.4. The van der Waals surface area contributed by atoms with Gasteiger partial charge in [-0.25, -0.2) is 9.59 Å². The average Bonchev–Trinajstić information content (AvgIpc) is 3.48. The third-order valence-electron chi connectivity index (χ3n) is 7.42. The Kier molecular flexibility index (Phi) is 6.72. The van der Waals surface area contributed by atoms with Crippen molar-refractivity contribution in [3.8, 4) is 11.1 Å². The molecule has 184 valence electrons. The van der Waals surface area contributed by atoms with Crippen molar-refractivity contribution in [2.24, 2.45) is 5.92 Å². The number of carboxylic acid groups (broad SMARTS) is 1. The van der Waals surface area contributed by atoms with Crippen LogP contribution in [0.2, 0.25) is 0 Å². The number of amides is 2. The zero-order valence-electron chi connectivity index (χ0n) is 19.5. The van der Waals surface area contributed by atoms with E-state index < -0.39 is 18.1 Å². The lowest BCUT2D eigenvalue weighted by Crippen LogP contribution is -2.48. The third kappa shape index (κ3) is 4.75. The number of benzene rings is 2. The fourth-order valence-corrected chi connectivity index (χ4v) is 5.64. The molecule has 3 unspecified atom stereocenters. The van der Waals surface area contributed by atoms with E-state index >= 15 is 0 Å². The van der Waals surface area contributed by atoms with Gasteiger partial charge in [-0.3, -0.25) is 4.79 Å². The molecule has 8 nitrogen and oxygen atoms in total. The van der Waals surface area contributed by atoms with Gasteiger partial charge in [-0.05, 0) is 41.5 Å². The maximum absolute atomic E-state index is 12.9. The van der Waals surface area contributed by atoms with E-state index in [1.54, 1.807) is 0 Å². The second-order valence-corrected chi connectivity index (χ2v) is 9.49. The van der Waals surface area contributed by atoms with Crippen LogP contribution >= 0.6 is 0 Å². The van der Waals surface area contributed by atoms with Gasteiger partial charge >= 0.3 is 12.1 Å². The van der Waals surface area contributed by atoms with E-state index in [9.17, 15) is 19.5 Å². The van der Waals surface area contributed by atoms with Crippen LogP contribution in [0.1, 0.15) is 42.7 Å². The van der Waals surface area contributed by atoms with Crippen molar-refractivity contribution < 1.29 is 29.0 Å². The molecular weight excluding hydrogens is 448 g/mol. The van der Waals surface area contributed by atoms with E-state index in [1.165, 1.54) is 16.0 Å². The van der Waals surface area contributed by atoms with Gasteiger partial charge < -0.3 is 24.8 Å². The predicted octanol–water partition coefficient (Wildman–Crippen LogP) is 3.40. The van der Waals surface area contributed by atoms with Gasteiger partial charge in [0.25, 0.3) is 0 Å². The minimum atomic E-state index is -0.968. The molecule has 8 heteroatoms. The Morgan fingerprint density at radius 2 is 1.71 bits per heavy atom. The van der Waals surface area contributed by atoms with Crippen molar-refractivity contribution >= 4 is 18.0 Å². The summed E-state index contributed by atoms with van der Waals surface area (Å²) in [6, 6.07) is 15.3. The number of carbonyl (C=O) groups excluding carboxylic acids is 2. The summed E-state index contributed by atoms with van der Waals surface area (Å²) in [5.74, 6) is -1.43. The Hall–Kier alpha value is -3.39. The van der Waals surface area contributed by atoms with E-state index in [0.717, 1.165) is 11.1 Å². The lowest BCUT2D eigenvalue weighted by Gasteiger charge is -2.33. The van der Waals surface area contributed by atoms with E-state index in [1.807, 2.05) is 24.3 Å². The van der Waals surface area contributed by atoms with Gasteiger partial charge in [0.2, 0.25) is 5.91 Å². The van der Waals surface area contributed by atoms with Gasteiger partial charge in [-0.1, -0.05) is 48.5 Å². The normalized spacial score (nSPS) is 23.4. The molecular formula is C27H30N2O6. The van der Waals surface area contributed by atoms with Crippen molar-refractivity contribution in [1.29, 1.82) is 0 Å². The topological polar surface area (TPSA) is 105 Å². The smallest absolute Gasteiger partial charge is 0.407 e. The number of nitrogens with zero attached hydrogens (tertiary/aromatic N) is 1. The van der Waals surface area contributed by atoms with Crippen LogP contribution in [0, 0.1) is 5.92 Å². The first-order chi connectivity index (χ1) is 17.0. The second-order valence-electron chi connectivity index (χ2n) is 9.49. The summed E-state index contributed by atoms with van der Waals surface area (Å²) in [6.45, 7) is 1.50. The molecule has 2 heterocycles. The Labute approximate surface area is 204 Å². The predicted molar refractivity (Wildman–Crippen MR) is 128 cm³/mol. The molecule has 2 amide bonds. The van der Waals surface area contributed by atoms with E-state index in [0.29, 0.717) is 39.0 Å². The summed E-state index contributed by atoms with van der Waals surface area (Å²) in [5, 5.41) is 12.3. The molecule has 2 aliphatic heterocycles. The molecule has 0 bridgehead atoms. The molecule has 35 heavy (non-hydrogen) atoms. The maximum atomic E-state index is 12.9. The van der Waals surface area contributed by atoms with Crippen molar-refractivity contribution in [1.82, 2.24) is 10.2 Å². The van der Waals surface area contributed by atoms with Crippen LogP contribution in [0.3, 0.4) is 0 Å². The molecule has 0 aromatic heterocycles. The Morgan fingerprint density at radius 3 is 2.40 bits per heavy atom. The van der Waals surface area contributed by atoms with Crippen LogP contribution in [0.25, 0.3) is 11.1 Å². The lowest BCUT2D eigenvalue weighted by atomic mass is 9.92. The Morgan fingerprint density at radius 1 is 1.03 bits per heavy atom. The number of ether oxygens (including phenoxy) is 2. The first kappa shape index (κ1) is 23.4. The lowest BCUT2D eigenvalue weighted by molar-refractivity contribution is -0.149. The highest BCUT2D eigenvalue weighted by Gasteiger charge is 2.37. The summed E-state index contributed by atoms with van der Waals surface area (Å²) in [6.07, 6.45) is 1.36. The van der Waals surface area contributed by atoms with Gasteiger partial charge in [0.05, 0.1) is 6.61 Å². The quantitative estimate of drug-likeness (QED) is 0.659. The van der Waals surface area contributed by atoms with Gasteiger partial charge in [0, 0.05) is 37.5 Å². The standard InChI is InChI=1S/C27H30N2O6/c30-25(29-12-5-10-24(29)26(31)32)14-17-15-34-13-11-23(17)28-27(33)35-16-22-20-8-3-1-6-18(20)19-7-2-4-9-21(19)22/h1-4,6-9,17,22-24H,5,10-16H2,(H,28,33)(H,31,32). The molecule has 3 aliphatic rings. The fraction of sp³-hybridized carbons (Fsp3) is 0.444. The molecule has 5 rings (SSSR count). The number of carboxylic acids is 1. The molecule has 3 atom stereocenters. The van der Waals surface area contributed by atoms with Crippen LogP contribution in [0.5, 0.6) is 0 Å². The number of alkyl carbamates (subject to hydrolysis) is 1. The largest absolute Gasteiger partial charge is 0.480 e. The monoisotopic (exact) mass is 478 g/mol. The minimum absolute atomic E-state index is 0.0247. The molecule has 0 spiro atoms. The first-order valence-corrected chi connectivity index (χ1v) is 12.2. The molecule has 2 aromatic rings. The van der Waals surface area contributed by atoms with Crippen molar-refractivity contribution in [3.63, 3.8) is 0 Å². The minimum Gasteiger partial charge on any atom is -0.480 e. The number of hydrogen-bond donors (Lipinski definition) is 2. The molecule has 0 radical (unpaired) electrons. The summed E-state index contributed by atoms with van der Waals surface area (Å²) in [4.78, 5) is 38.5. The second kappa shape index (κ2) is 10.1. The molecule has 2 aromatic carbocycles. The van der Waals surface area contributed by atoms with Crippen LogP contribution in [-0.4, -0.2) is 66.4 Å². The van der Waals surface area contributed by atoms with Gasteiger partial charge in [-0.2, -0.15) is 0 Å². The van der Waals surface area contributed by atoms with Gasteiger partial charge in [-0.15, -0.1) is 0 Å². The highest BCUT2D eigenvalue weighted by atomic mass is 16.5. The van der Waals surface area contributed by atoms with Crippen LogP contribution in [-0.2, 0) is 19.1 Å². The molecule has 2 saturated heterocycles. The van der Waals surface area contributed by atoms with Crippen LogP contribution in [0.4, 0.5) is 4.79 Å². The summed E-state index contributed by atoms with van der Waals surface area (Å²) < 4.78 is 11.3. The number of hydrogen-bond acceptors (Lipinski definition) is 5. The molecule has 2 fully saturated rings. The van der Waals surface area contributed by atoms with E-state index in [4.69, 9.17) is 9.47 Å². The van der Waals surface area contributed by atoms with Crippen molar-refractivity contribution in [2.45, 2.75) is 43.7 Å². The first-order valence-electron chi connectivity index (χ1n) is 12.2.